The minimum Gasteiger partial charge on any atom is -0.467 e. The number of hydrogen-bond acceptors (Lipinski definition) is 4. The summed E-state index contributed by atoms with van der Waals surface area (Å²) in [5.74, 6) is 5.57. The third-order valence-electron chi connectivity index (χ3n) is 3.66. The second kappa shape index (κ2) is 6.02. The van der Waals surface area contributed by atoms with Gasteiger partial charge in [-0.1, -0.05) is 12.8 Å². The predicted molar refractivity (Wildman–Crippen MR) is 68.7 cm³/mol. The van der Waals surface area contributed by atoms with Crippen LogP contribution in [0.5, 0.6) is 0 Å². The number of carbonyl (C=O) groups excluding carboxylic acids is 1. The molecule has 1 aliphatic rings. The molecule has 1 atom stereocenters. The first-order valence-electron chi connectivity index (χ1n) is 6.53. The lowest BCUT2D eigenvalue weighted by Gasteiger charge is -2.26. The summed E-state index contributed by atoms with van der Waals surface area (Å²) in [6.45, 7) is 3.97. The first-order valence-corrected chi connectivity index (χ1v) is 6.53. The van der Waals surface area contributed by atoms with Crippen molar-refractivity contribution >= 4 is 5.91 Å². The molecule has 1 aromatic heterocycles. The Labute approximate surface area is 107 Å². The Morgan fingerprint density at radius 3 is 3.17 bits per heavy atom. The molecule has 1 aromatic rings. The molecule has 2 heterocycles. The zero-order valence-corrected chi connectivity index (χ0v) is 10.8. The number of furan rings is 1. The molecule has 5 nitrogen and oxygen atoms in total. The van der Waals surface area contributed by atoms with Crippen LogP contribution in [0.1, 0.15) is 48.7 Å². The van der Waals surface area contributed by atoms with Gasteiger partial charge in [-0.2, -0.15) is 0 Å². The number of likely N-dealkylation sites (tertiary alicyclic amines) is 1. The number of carbonyl (C=O) groups is 1. The number of hydrogen-bond donors (Lipinski definition) is 2. The summed E-state index contributed by atoms with van der Waals surface area (Å²) < 4.78 is 5.42. The van der Waals surface area contributed by atoms with Crippen molar-refractivity contribution in [3.63, 3.8) is 0 Å². The van der Waals surface area contributed by atoms with Crippen LogP contribution < -0.4 is 11.3 Å². The van der Waals surface area contributed by atoms with E-state index in [-0.39, 0.29) is 5.91 Å². The second-order valence-electron chi connectivity index (χ2n) is 4.90. The molecule has 18 heavy (non-hydrogen) atoms. The zero-order chi connectivity index (χ0) is 13.0. The summed E-state index contributed by atoms with van der Waals surface area (Å²) in [6.07, 6.45) is 6.53. The van der Waals surface area contributed by atoms with E-state index in [4.69, 9.17) is 10.3 Å². The smallest absolute Gasteiger partial charge is 0.268 e. The van der Waals surface area contributed by atoms with Gasteiger partial charge in [-0.3, -0.25) is 15.1 Å². The van der Waals surface area contributed by atoms with Crippen molar-refractivity contribution in [3.05, 3.63) is 23.7 Å². The number of nitrogens with zero attached hydrogens (tertiary/aromatic N) is 1. The SMILES string of the molecule is CC1CCCCCN1Cc1occc1C(=O)NN. The van der Waals surface area contributed by atoms with Crippen LogP contribution in [0.25, 0.3) is 0 Å². The van der Waals surface area contributed by atoms with E-state index in [0.29, 0.717) is 23.9 Å². The Hall–Kier alpha value is -1.33. The topological polar surface area (TPSA) is 71.5 Å². The fourth-order valence-corrected chi connectivity index (χ4v) is 2.50. The third-order valence-corrected chi connectivity index (χ3v) is 3.66. The number of nitrogens with one attached hydrogen (secondary N) is 1. The Bertz CT molecular complexity index is 403. The van der Waals surface area contributed by atoms with Gasteiger partial charge in [-0.15, -0.1) is 0 Å². The summed E-state index contributed by atoms with van der Waals surface area (Å²) >= 11 is 0. The lowest BCUT2D eigenvalue weighted by atomic mass is 10.1. The maximum Gasteiger partial charge on any atom is 0.268 e. The van der Waals surface area contributed by atoms with Crippen LogP contribution in [0.15, 0.2) is 16.7 Å². The molecule has 0 aromatic carbocycles. The molecule has 0 bridgehead atoms. The van der Waals surface area contributed by atoms with Crippen molar-refractivity contribution < 1.29 is 9.21 Å². The second-order valence-corrected chi connectivity index (χ2v) is 4.90. The minimum atomic E-state index is -0.291. The largest absolute Gasteiger partial charge is 0.467 e. The van der Waals surface area contributed by atoms with E-state index in [1.54, 1.807) is 12.3 Å². The predicted octanol–water partition coefficient (Wildman–Crippen LogP) is 1.65. The van der Waals surface area contributed by atoms with Gasteiger partial charge in [0.05, 0.1) is 18.4 Å². The van der Waals surface area contributed by atoms with Crippen LogP contribution in [-0.2, 0) is 6.54 Å². The molecule has 5 heteroatoms. The molecule has 2 rings (SSSR count). The summed E-state index contributed by atoms with van der Waals surface area (Å²) in [7, 11) is 0. The summed E-state index contributed by atoms with van der Waals surface area (Å²) in [5, 5.41) is 0. The molecule has 0 saturated carbocycles. The fraction of sp³-hybridized carbons (Fsp3) is 0.615. The van der Waals surface area contributed by atoms with Crippen molar-refractivity contribution in [1.29, 1.82) is 0 Å². The van der Waals surface area contributed by atoms with Crippen LogP contribution in [0.3, 0.4) is 0 Å². The summed E-state index contributed by atoms with van der Waals surface area (Å²) in [5.41, 5.74) is 2.69. The van der Waals surface area contributed by atoms with Crippen LogP contribution in [-0.4, -0.2) is 23.4 Å². The maximum absolute atomic E-state index is 11.6. The molecule has 0 aliphatic carbocycles. The molecule has 1 aliphatic heterocycles. The number of nitrogen functional groups attached to an aromatic ring is 1. The van der Waals surface area contributed by atoms with Crippen LogP contribution >= 0.6 is 0 Å². The van der Waals surface area contributed by atoms with Gasteiger partial charge in [0.2, 0.25) is 0 Å². The van der Waals surface area contributed by atoms with Gasteiger partial charge in [0.1, 0.15) is 5.76 Å². The van der Waals surface area contributed by atoms with Gasteiger partial charge in [0.15, 0.2) is 0 Å². The molecular weight excluding hydrogens is 230 g/mol. The number of hydrazine groups is 1. The monoisotopic (exact) mass is 251 g/mol. The van der Waals surface area contributed by atoms with Gasteiger partial charge in [0.25, 0.3) is 5.91 Å². The summed E-state index contributed by atoms with van der Waals surface area (Å²) in [4.78, 5) is 13.9. The highest BCUT2D eigenvalue weighted by Crippen LogP contribution is 2.21. The van der Waals surface area contributed by atoms with E-state index >= 15 is 0 Å². The van der Waals surface area contributed by atoms with Crippen molar-refractivity contribution in [2.45, 2.75) is 45.2 Å². The van der Waals surface area contributed by atoms with Crippen molar-refractivity contribution in [2.75, 3.05) is 6.54 Å². The number of nitrogens with two attached hydrogens (primary N) is 1. The van der Waals surface area contributed by atoms with Gasteiger partial charge in [-0.25, -0.2) is 5.84 Å². The van der Waals surface area contributed by atoms with Crippen molar-refractivity contribution in [1.82, 2.24) is 10.3 Å². The van der Waals surface area contributed by atoms with Crippen LogP contribution in [0, 0.1) is 0 Å². The summed E-state index contributed by atoms with van der Waals surface area (Å²) in [6, 6.07) is 2.20. The molecule has 1 fully saturated rings. The molecule has 1 amide bonds. The molecule has 0 spiro atoms. The van der Waals surface area contributed by atoms with E-state index in [1.165, 1.54) is 25.7 Å². The Morgan fingerprint density at radius 2 is 2.39 bits per heavy atom. The highest BCUT2D eigenvalue weighted by molar-refractivity contribution is 5.94. The lowest BCUT2D eigenvalue weighted by Crippen LogP contribution is -2.34. The fourth-order valence-electron chi connectivity index (χ4n) is 2.50. The van der Waals surface area contributed by atoms with E-state index in [9.17, 15) is 4.79 Å². The van der Waals surface area contributed by atoms with Gasteiger partial charge in [0, 0.05) is 6.04 Å². The highest BCUT2D eigenvalue weighted by atomic mass is 16.3. The lowest BCUT2D eigenvalue weighted by molar-refractivity contribution is 0.0948. The van der Waals surface area contributed by atoms with Gasteiger partial charge >= 0.3 is 0 Å². The molecule has 3 N–H and O–H groups in total. The molecule has 0 radical (unpaired) electrons. The zero-order valence-electron chi connectivity index (χ0n) is 10.8. The highest BCUT2D eigenvalue weighted by Gasteiger charge is 2.21. The minimum absolute atomic E-state index is 0.291. The average molecular weight is 251 g/mol. The van der Waals surface area contributed by atoms with Crippen LogP contribution in [0.4, 0.5) is 0 Å². The van der Waals surface area contributed by atoms with Gasteiger partial charge in [-0.05, 0) is 32.4 Å². The van der Waals surface area contributed by atoms with E-state index in [2.05, 4.69) is 17.2 Å². The number of amides is 1. The Kier molecular flexibility index (Phi) is 4.38. The first kappa shape index (κ1) is 13.1. The standard InChI is InChI=1S/C13H21N3O2/c1-10-5-3-2-4-7-16(10)9-12-11(6-8-18-12)13(17)15-14/h6,8,10H,2-5,7,9,14H2,1H3,(H,15,17). The molecule has 1 unspecified atom stereocenters. The van der Waals surface area contributed by atoms with Crippen molar-refractivity contribution in [3.8, 4) is 0 Å². The van der Waals surface area contributed by atoms with Crippen LogP contribution in [0.2, 0.25) is 0 Å². The normalized spacial score (nSPS) is 21.6. The van der Waals surface area contributed by atoms with E-state index < -0.39 is 0 Å². The van der Waals surface area contributed by atoms with E-state index in [0.717, 1.165) is 6.54 Å². The first-order chi connectivity index (χ1) is 8.72. The molecule has 1 saturated heterocycles. The van der Waals surface area contributed by atoms with E-state index in [1.807, 2.05) is 0 Å². The Balaban J connectivity index is 2.08. The molecule has 100 valence electrons. The molecular formula is C13H21N3O2. The quantitative estimate of drug-likeness (QED) is 0.487. The Morgan fingerprint density at radius 1 is 1.56 bits per heavy atom. The third kappa shape index (κ3) is 2.91. The maximum atomic E-state index is 11.6. The van der Waals surface area contributed by atoms with Gasteiger partial charge < -0.3 is 4.42 Å². The average Bonchev–Trinajstić information content (AvgIpc) is 2.74. The number of rotatable bonds is 3. The van der Waals surface area contributed by atoms with Crippen molar-refractivity contribution in [2.24, 2.45) is 5.84 Å².